The molecule has 2 rings (SSSR count). The molecule has 0 aromatic heterocycles. The average molecular weight is 307 g/mol. The third kappa shape index (κ3) is 2.48. The Labute approximate surface area is 119 Å². The molecule has 0 saturated heterocycles. The van der Waals surface area contributed by atoms with Gasteiger partial charge in [0.2, 0.25) is 0 Å². The molecule has 2 aromatic rings. The van der Waals surface area contributed by atoms with Crippen LogP contribution < -0.4 is 5.73 Å². The molecular formula is C12H7Cl4N. The Morgan fingerprint density at radius 1 is 0.706 bits per heavy atom. The maximum atomic E-state index is 6.14. The van der Waals surface area contributed by atoms with Crippen molar-refractivity contribution in [2.24, 2.45) is 0 Å². The molecule has 0 fully saturated rings. The highest BCUT2D eigenvalue weighted by molar-refractivity contribution is 6.49. The van der Waals surface area contributed by atoms with Crippen molar-refractivity contribution in [1.82, 2.24) is 0 Å². The van der Waals surface area contributed by atoms with Gasteiger partial charge in [0.15, 0.2) is 0 Å². The quantitative estimate of drug-likeness (QED) is 0.542. The zero-order valence-electron chi connectivity index (χ0n) is 8.48. The highest BCUT2D eigenvalue weighted by atomic mass is 35.5. The lowest BCUT2D eigenvalue weighted by Gasteiger charge is -2.09. The minimum absolute atomic E-state index is 0.318. The van der Waals surface area contributed by atoms with E-state index in [2.05, 4.69) is 0 Å². The molecule has 88 valence electrons. The normalized spacial score (nSPS) is 10.6. The molecule has 0 amide bonds. The van der Waals surface area contributed by atoms with Crippen LogP contribution in [0, 0.1) is 0 Å². The van der Waals surface area contributed by atoms with Crippen LogP contribution in [0.2, 0.25) is 20.1 Å². The molecule has 1 nitrogen and oxygen atoms in total. The first-order chi connectivity index (χ1) is 8.00. The zero-order chi connectivity index (χ0) is 12.6. The van der Waals surface area contributed by atoms with Crippen LogP contribution >= 0.6 is 46.4 Å². The van der Waals surface area contributed by atoms with Crippen LogP contribution in [0.5, 0.6) is 0 Å². The van der Waals surface area contributed by atoms with Gasteiger partial charge in [0, 0.05) is 16.8 Å². The molecular weight excluding hydrogens is 300 g/mol. The smallest absolute Gasteiger partial charge is 0.0784 e. The Morgan fingerprint density at radius 2 is 1.35 bits per heavy atom. The zero-order valence-corrected chi connectivity index (χ0v) is 11.5. The van der Waals surface area contributed by atoms with Crippen molar-refractivity contribution in [1.29, 1.82) is 0 Å². The van der Waals surface area contributed by atoms with Gasteiger partial charge < -0.3 is 5.73 Å². The first-order valence-corrected chi connectivity index (χ1v) is 6.21. The van der Waals surface area contributed by atoms with Crippen molar-refractivity contribution >= 4 is 52.1 Å². The second kappa shape index (κ2) is 4.95. The predicted molar refractivity (Wildman–Crippen MR) is 76.3 cm³/mol. The molecule has 0 aliphatic heterocycles. The van der Waals surface area contributed by atoms with E-state index in [1.54, 1.807) is 30.3 Å². The van der Waals surface area contributed by atoms with Gasteiger partial charge in [0.25, 0.3) is 0 Å². The van der Waals surface area contributed by atoms with E-state index < -0.39 is 0 Å². The van der Waals surface area contributed by atoms with Crippen molar-refractivity contribution in [2.75, 3.05) is 5.73 Å². The monoisotopic (exact) mass is 305 g/mol. The predicted octanol–water partition coefficient (Wildman–Crippen LogP) is 5.55. The number of anilines is 1. The maximum Gasteiger partial charge on any atom is 0.0784 e. The number of halogens is 4. The van der Waals surface area contributed by atoms with Gasteiger partial charge in [-0.05, 0) is 18.2 Å². The van der Waals surface area contributed by atoms with Crippen molar-refractivity contribution in [3.63, 3.8) is 0 Å². The summed E-state index contributed by atoms with van der Waals surface area (Å²) in [7, 11) is 0. The Hall–Kier alpha value is -0.600. The molecule has 0 saturated carbocycles. The van der Waals surface area contributed by atoms with Crippen LogP contribution in [0.3, 0.4) is 0 Å². The van der Waals surface area contributed by atoms with Gasteiger partial charge in [-0.15, -0.1) is 0 Å². The highest BCUT2D eigenvalue weighted by Gasteiger charge is 2.12. The lowest BCUT2D eigenvalue weighted by atomic mass is 10.1. The lowest BCUT2D eigenvalue weighted by Crippen LogP contribution is -1.87. The Balaban J connectivity index is 2.65. The summed E-state index contributed by atoms with van der Waals surface area (Å²) in [6, 6.07) is 8.66. The summed E-state index contributed by atoms with van der Waals surface area (Å²) in [5.74, 6) is 0. The van der Waals surface area contributed by atoms with Gasteiger partial charge in [-0.1, -0.05) is 58.5 Å². The third-order valence-corrected chi connectivity index (χ3v) is 3.92. The molecule has 0 aliphatic rings. The molecule has 0 spiro atoms. The number of benzene rings is 2. The molecule has 0 aliphatic carbocycles. The summed E-state index contributed by atoms with van der Waals surface area (Å²) < 4.78 is 0. The minimum atomic E-state index is 0.318. The summed E-state index contributed by atoms with van der Waals surface area (Å²) in [5, 5.41) is 1.63. The van der Waals surface area contributed by atoms with Gasteiger partial charge in [0.05, 0.1) is 20.1 Å². The van der Waals surface area contributed by atoms with Crippen LogP contribution in [0.4, 0.5) is 5.69 Å². The molecule has 0 radical (unpaired) electrons. The molecule has 2 aromatic carbocycles. The largest absolute Gasteiger partial charge is 0.399 e. The summed E-state index contributed by atoms with van der Waals surface area (Å²) in [6.45, 7) is 0. The first kappa shape index (κ1) is 12.8. The van der Waals surface area contributed by atoms with Crippen molar-refractivity contribution < 1.29 is 0 Å². The fraction of sp³-hybridized carbons (Fsp3) is 0. The van der Waals surface area contributed by atoms with Crippen LogP contribution in [-0.4, -0.2) is 0 Å². The number of nitrogens with two attached hydrogens (primary N) is 1. The minimum Gasteiger partial charge on any atom is -0.399 e. The van der Waals surface area contributed by atoms with Gasteiger partial charge in [-0.3, -0.25) is 0 Å². The van der Waals surface area contributed by atoms with Crippen LogP contribution in [0.15, 0.2) is 30.3 Å². The van der Waals surface area contributed by atoms with E-state index in [4.69, 9.17) is 52.1 Å². The van der Waals surface area contributed by atoms with E-state index in [0.29, 0.717) is 25.8 Å². The van der Waals surface area contributed by atoms with Crippen molar-refractivity contribution in [3.05, 3.63) is 50.4 Å². The second-order valence-corrected chi connectivity index (χ2v) is 5.03. The molecule has 0 atom stereocenters. The van der Waals surface area contributed by atoms with Gasteiger partial charge in [-0.2, -0.15) is 0 Å². The molecule has 17 heavy (non-hydrogen) atoms. The number of hydrogen-bond donors (Lipinski definition) is 1. The van der Waals surface area contributed by atoms with Gasteiger partial charge in [0.1, 0.15) is 0 Å². The van der Waals surface area contributed by atoms with Crippen LogP contribution in [-0.2, 0) is 0 Å². The summed E-state index contributed by atoms with van der Waals surface area (Å²) in [5.41, 5.74) is 7.72. The third-order valence-electron chi connectivity index (χ3n) is 2.32. The average Bonchev–Trinajstić information content (AvgIpc) is 2.28. The lowest BCUT2D eigenvalue weighted by molar-refractivity contribution is 1.61. The Kier molecular flexibility index (Phi) is 3.74. The molecule has 0 heterocycles. The molecule has 0 bridgehead atoms. The van der Waals surface area contributed by atoms with Gasteiger partial charge in [-0.25, -0.2) is 0 Å². The number of hydrogen-bond acceptors (Lipinski definition) is 1. The van der Waals surface area contributed by atoms with E-state index in [9.17, 15) is 0 Å². The van der Waals surface area contributed by atoms with E-state index in [-0.39, 0.29) is 0 Å². The van der Waals surface area contributed by atoms with E-state index >= 15 is 0 Å². The van der Waals surface area contributed by atoms with Crippen molar-refractivity contribution in [3.8, 4) is 11.1 Å². The fourth-order valence-corrected chi connectivity index (χ4v) is 2.41. The van der Waals surface area contributed by atoms with Crippen molar-refractivity contribution in [2.45, 2.75) is 0 Å². The fourth-order valence-electron chi connectivity index (χ4n) is 1.48. The van der Waals surface area contributed by atoms with Gasteiger partial charge >= 0.3 is 0 Å². The Morgan fingerprint density at radius 3 is 2.00 bits per heavy atom. The topological polar surface area (TPSA) is 26.0 Å². The number of nitrogen functional groups attached to an aromatic ring is 1. The summed E-state index contributed by atoms with van der Waals surface area (Å²) in [6.07, 6.45) is 0. The standard InChI is InChI=1S/C12H7Cl4N/c13-9-4-3-8(11(15)12(9)16)7-2-1-6(17)5-10(7)14/h1-5H,17H2. The maximum absolute atomic E-state index is 6.14. The molecule has 2 N–H and O–H groups in total. The summed E-state index contributed by atoms with van der Waals surface area (Å²) in [4.78, 5) is 0. The van der Waals surface area contributed by atoms with Crippen LogP contribution in [0.1, 0.15) is 0 Å². The second-order valence-electron chi connectivity index (χ2n) is 3.46. The van der Waals surface area contributed by atoms with E-state index in [1.165, 1.54) is 0 Å². The Bertz CT molecular complexity index is 581. The van der Waals surface area contributed by atoms with E-state index in [1.807, 2.05) is 0 Å². The van der Waals surface area contributed by atoms with E-state index in [0.717, 1.165) is 11.1 Å². The highest BCUT2D eigenvalue weighted by Crippen LogP contribution is 2.40. The SMILES string of the molecule is Nc1ccc(-c2ccc(Cl)c(Cl)c2Cl)c(Cl)c1. The summed E-state index contributed by atoms with van der Waals surface area (Å²) >= 11 is 24.1. The molecule has 0 unspecified atom stereocenters. The molecule has 5 heteroatoms. The van der Waals surface area contributed by atoms with Crippen LogP contribution in [0.25, 0.3) is 11.1 Å². The first-order valence-electron chi connectivity index (χ1n) is 4.69. The number of rotatable bonds is 1.